The third-order valence-electron chi connectivity index (χ3n) is 7.47. The SMILES string of the molecule is O=C(NC(Cc1ccc2c(c1)OCCO2)CN1CCCC1)[C@@H]1CCN(c2cnc3cccnc3c2)C1. The number of likely N-dealkylation sites (tertiary alicyclic amines) is 1. The number of nitrogens with zero attached hydrogens (tertiary/aromatic N) is 4. The summed E-state index contributed by atoms with van der Waals surface area (Å²) in [7, 11) is 0. The predicted octanol–water partition coefficient (Wildman–Crippen LogP) is 3.05. The van der Waals surface area contributed by atoms with E-state index in [2.05, 4.69) is 43.3 Å². The molecule has 8 nitrogen and oxygen atoms in total. The smallest absolute Gasteiger partial charge is 0.225 e. The van der Waals surface area contributed by atoms with Crippen LogP contribution in [-0.4, -0.2) is 72.8 Å². The molecular weight excluding hydrogens is 454 g/mol. The number of carbonyl (C=O) groups excluding carboxylic acids is 1. The van der Waals surface area contributed by atoms with E-state index in [-0.39, 0.29) is 17.9 Å². The molecule has 3 aromatic rings. The Morgan fingerprint density at radius 2 is 1.89 bits per heavy atom. The molecule has 2 saturated heterocycles. The summed E-state index contributed by atoms with van der Waals surface area (Å²) in [4.78, 5) is 27.1. The fraction of sp³-hybridized carbons (Fsp3) is 0.464. The number of amides is 1. The van der Waals surface area contributed by atoms with Gasteiger partial charge in [-0.2, -0.15) is 0 Å². The van der Waals surface area contributed by atoms with Crippen molar-refractivity contribution in [2.45, 2.75) is 31.7 Å². The first-order valence-corrected chi connectivity index (χ1v) is 13.1. The van der Waals surface area contributed by atoms with Crippen molar-refractivity contribution in [1.82, 2.24) is 20.2 Å². The number of anilines is 1. The van der Waals surface area contributed by atoms with Crippen LogP contribution < -0.4 is 19.7 Å². The van der Waals surface area contributed by atoms with E-state index in [1.54, 1.807) is 6.20 Å². The minimum atomic E-state index is -0.0363. The monoisotopic (exact) mass is 487 g/mol. The maximum Gasteiger partial charge on any atom is 0.225 e. The second-order valence-corrected chi connectivity index (χ2v) is 10.1. The summed E-state index contributed by atoms with van der Waals surface area (Å²) in [6.45, 7) is 5.79. The Hall–Kier alpha value is -3.39. The quantitative estimate of drug-likeness (QED) is 0.549. The van der Waals surface area contributed by atoms with Crippen LogP contribution in [0.3, 0.4) is 0 Å². The van der Waals surface area contributed by atoms with E-state index in [1.807, 2.05) is 24.4 Å². The number of benzene rings is 1. The molecule has 188 valence electrons. The average Bonchev–Trinajstić information content (AvgIpc) is 3.61. The molecule has 3 aliphatic heterocycles. The highest BCUT2D eigenvalue weighted by Crippen LogP contribution is 2.31. The average molecular weight is 488 g/mol. The number of hydrogen-bond donors (Lipinski definition) is 1. The summed E-state index contributed by atoms with van der Waals surface area (Å²) in [5.74, 6) is 1.71. The number of pyridine rings is 2. The minimum Gasteiger partial charge on any atom is -0.486 e. The first-order valence-electron chi connectivity index (χ1n) is 13.1. The van der Waals surface area contributed by atoms with E-state index in [4.69, 9.17) is 9.47 Å². The lowest BCUT2D eigenvalue weighted by Gasteiger charge is -2.27. The van der Waals surface area contributed by atoms with Gasteiger partial charge in [0.05, 0.1) is 28.8 Å². The second kappa shape index (κ2) is 10.3. The summed E-state index contributed by atoms with van der Waals surface area (Å²) in [5.41, 5.74) is 3.96. The molecule has 36 heavy (non-hydrogen) atoms. The molecule has 0 spiro atoms. The molecule has 0 radical (unpaired) electrons. The Bertz CT molecular complexity index is 1230. The number of carbonyl (C=O) groups is 1. The Labute approximate surface area is 211 Å². The Morgan fingerprint density at radius 3 is 2.78 bits per heavy atom. The third-order valence-corrected chi connectivity index (χ3v) is 7.47. The molecule has 2 atom stereocenters. The Kier molecular flexibility index (Phi) is 6.59. The van der Waals surface area contributed by atoms with Gasteiger partial charge in [-0.15, -0.1) is 0 Å². The van der Waals surface area contributed by atoms with Gasteiger partial charge >= 0.3 is 0 Å². The van der Waals surface area contributed by atoms with Gasteiger partial charge < -0.3 is 24.6 Å². The third kappa shape index (κ3) is 5.09. The molecule has 0 aliphatic carbocycles. The number of rotatable bonds is 7. The first-order chi connectivity index (χ1) is 17.7. The fourth-order valence-corrected chi connectivity index (χ4v) is 5.58. The molecule has 0 saturated carbocycles. The molecule has 2 aromatic heterocycles. The van der Waals surface area contributed by atoms with Crippen LogP contribution in [0.15, 0.2) is 48.8 Å². The highest BCUT2D eigenvalue weighted by atomic mass is 16.6. The van der Waals surface area contributed by atoms with Gasteiger partial charge in [0, 0.05) is 31.9 Å². The highest BCUT2D eigenvalue weighted by Gasteiger charge is 2.31. The molecule has 1 amide bonds. The molecule has 1 unspecified atom stereocenters. The fourth-order valence-electron chi connectivity index (χ4n) is 5.58. The van der Waals surface area contributed by atoms with Crippen molar-refractivity contribution in [2.75, 3.05) is 50.8 Å². The maximum absolute atomic E-state index is 13.4. The zero-order valence-electron chi connectivity index (χ0n) is 20.6. The van der Waals surface area contributed by atoms with Crippen LogP contribution in [0.1, 0.15) is 24.8 Å². The van der Waals surface area contributed by atoms with Gasteiger partial charge in [0.25, 0.3) is 0 Å². The van der Waals surface area contributed by atoms with Crippen molar-refractivity contribution in [3.8, 4) is 11.5 Å². The molecular formula is C28H33N5O3. The number of nitrogens with one attached hydrogen (secondary N) is 1. The van der Waals surface area contributed by atoms with Crippen molar-refractivity contribution in [3.05, 3.63) is 54.4 Å². The molecule has 8 heteroatoms. The summed E-state index contributed by atoms with van der Waals surface area (Å²) in [5, 5.41) is 3.41. The predicted molar refractivity (Wildman–Crippen MR) is 139 cm³/mol. The highest BCUT2D eigenvalue weighted by molar-refractivity contribution is 5.81. The molecule has 1 aromatic carbocycles. The van der Waals surface area contributed by atoms with Crippen molar-refractivity contribution < 1.29 is 14.3 Å². The molecule has 0 bridgehead atoms. The Balaban J connectivity index is 1.12. The van der Waals surface area contributed by atoms with E-state index in [1.165, 1.54) is 12.8 Å². The van der Waals surface area contributed by atoms with E-state index < -0.39 is 0 Å². The number of hydrogen-bond acceptors (Lipinski definition) is 7. The van der Waals surface area contributed by atoms with Crippen LogP contribution in [-0.2, 0) is 11.2 Å². The summed E-state index contributed by atoms with van der Waals surface area (Å²) in [6.07, 6.45) is 7.76. The lowest BCUT2D eigenvalue weighted by atomic mass is 10.0. The number of aromatic nitrogens is 2. The van der Waals surface area contributed by atoms with Gasteiger partial charge in [0.1, 0.15) is 13.2 Å². The molecule has 5 heterocycles. The van der Waals surface area contributed by atoms with Gasteiger partial charge in [0.2, 0.25) is 5.91 Å². The minimum absolute atomic E-state index is 0.0363. The van der Waals surface area contributed by atoms with Crippen molar-refractivity contribution in [3.63, 3.8) is 0 Å². The second-order valence-electron chi connectivity index (χ2n) is 10.1. The van der Waals surface area contributed by atoms with Gasteiger partial charge in [0.15, 0.2) is 11.5 Å². The number of ether oxygens (including phenoxy) is 2. The maximum atomic E-state index is 13.4. The largest absolute Gasteiger partial charge is 0.486 e. The summed E-state index contributed by atoms with van der Waals surface area (Å²) < 4.78 is 11.5. The zero-order valence-corrected chi connectivity index (χ0v) is 20.6. The van der Waals surface area contributed by atoms with Crippen LogP contribution >= 0.6 is 0 Å². The zero-order chi connectivity index (χ0) is 24.3. The Morgan fingerprint density at radius 1 is 1.03 bits per heavy atom. The standard InChI is InChI=1S/C28H33N5O3/c34-28(21-7-11-33(18-21)23-16-25-24(30-17-23)4-3-8-29-25)31-22(19-32-9-1-2-10-32)14-20-5-6-26-27(15-20)36-13-12-35-26/h3-6,8,15-17,21-22H,1-2,7,9-14,18-19H2,(H,31,34)/t21-,22?/m1/s1. The lowest BCUT2D eigenvalue weighted by molar-refractivity contribution is -0.125. The summed E-state index contributed by atoms with van der Waals surface area (Å²) >= 11 is 0. The van der Waals surface area contributed by atoms with Gasteiger partial charge in [-0.25, -0.2) is 0 Å². The van der Waals surface area contributed by atoms with E-state index in [0.29, 0.717) is 19.8 Å². The van der Waals surface area contributed by atoms with Crippen LogP contribution in [0.25, 0.3) is 11.0 Å². The molecule has 6 rings (SSSR count). The van der Waals surface area contributed by atoms with E-state index in [0.717, 1.165) is 72.8 Å². The summed E-state index contributed by atoms with van der Waals surface area (Å²) in [6, 6.07) is 12.1. The number of fused-ring (bicyclic) bond motifs is 2. The topological polar surface area (TPSA) is 79.8 Å². The van der Waals surface area contributed by atoms with Gasteiger partial charge in [-0.05, 0) is 74.7 Å². The van der Waals surface area contributed by atoms with Crippen LogP contribution in [0.5, 0.6) is 11.5 Å². The van der Waals surface area contributed by atoms with E-state index >= 15 is 0 Å². The van der Waals surface area contributed by atoms with Crippen LogP contribution in [0.4, 0.5) is 5.69 Å². The van der Waals surface area contributed by atoms with Gasteiger partial charge in [-0.1, -0.05) is 6.07 Å². The van der Waals surface area contributed by atoms with Gasteiger partial charge in [-0.3, -0.25) is 14.8 Å². The first kappa shape index (κ1) is 23.0. The molecule has 1 N–H and O–H groups in total. The van der Waals surface area contributed by atoms with Crippen LogP contribution in [0, 0.1) is 5.92 Å². The molecule has 3 aliphatic rings. The van der Waals surface area contributed by atoms with Crippen molar-refractivity contribution >= 4 is 22.6 Å². The normalized spacial score (nSPS) is 20.6. The lowest BCUT2D eigenvalue weighted by Crippen LogP contribution is -2.46. The van der Waals surface area contributed by atoms with Crippen LogP contribution in [0.2, 0.25) is 0 Å². The molecule has 2 fully saturated rings. The van der Waals surface area contributed by atoms with Crippen molar-refractivity contribution in [2.24, 2.45) is 5.92 Å². The van der Waals surface area contributed by atoms with Crippen molar-refractivity contribution in [1.29, 1.82) is 0 Å². The van der Waals surface area contributed by atoms with E-state index in [9.17, 15) is 4.79 Å².